The van der Waals surface area contributed by atoms with Gasteiger partial charge in [-0.2, -0.15) is 5.10 Å². The van der Waals surface area contributed by atoms with E-state index in [9.17, 15) is 14.3 Å². The van der Waals surface area contributed by atoms with Crippen molar-refractivity contribution < 1.29 is 19.0 Å². The quantitative estimate of drug-likeness (QED) is 0.860. The summed E-state index contributed by atoms with van der Waals surface area (Å²) >= 11 is 0. The number of likely N-dealkylation sites (N-methyl/N-ethyl adjacent to an activating group) is 1. The summed E-state index contributed by atoms with van der Waals surface area (Å²) < 4.78 is 20.4. The third-order valence-corrected chi connectivity index (χ3v) is 4.60. The Morgan fingerprint density at radius 3 is 2.85 bits per heavy atom. The number of ether oxygens (including phenoxy) is 1. The summed E-state index contributed by atoms with van der Waals surface area (Å²) in [4.78, 5) is 16.5. The number of hydrogen-bond acceptors (Lipinski definition) is 5. The monoisotopic (exact) mass is 376 g/mol. The fraction of sp³-hybridized carbons (Fsp3) is 0.474. The molecule has 0 radical (unpaired) electrons. The van der Waals surface area contributed by atoms with Crippen molar-refractivity contribution in [2.24, 2.45) is 0 Å². The molecule has 1 aliphatic heterocycles. The third-order valence-electron chi connectivity index (χ3n) is 4.60. The second-order valence-corrected chi connectivity index (χ2v) is 6.99. The Hall–Kier alpha value is -2.45. The van der Waals surface area contributed by atoms with Crippen molar-refractivity contribution in [1.29, 1.82) is 0 Å². The summed E-state index contributed by atoms with van der Waals surface area (Å²) in [5, 5.41) is 14.8. The van der Waals surface area contributed by atoms with Crippen LogP contribution in [0.5, 0.6) is 5.75 Å². The number of halogens is 1. The van der Waals surface area contributed by atoms with Gasteiger partial charge in [-0.25, -0.2) is 4.39 Å². The first kappa shape index (κ1) is 19.3. The van der Waals surface area contributed by atoms with E-state index in [1.807, 2.05) is 29.7 Å². The van der Waals surface area contributed by atoms with E-state index in [4.69, 9.17) is 4.74 Å². The highest BCUT2D eigenvalue weighted by Gasteiger charge is 2.24. The Morgan fingerprint density at radius 1 is 1.37 bits per heavy atom. The molecule has 0 spiro atoms. The van der Waals surface area contributed by atoms with E-state index < -0.39 is 11.9 Å². The molecule has 0 fully saturated rings. The molecule has 0 saturated carbocycles. The Labute approximate surface area is 157 Å². The predicted octanol–water partition coefficient (Wildman–Crippen LogP) is 1.67. The largest absolute Gasteiger partial charge is 0.494 e. The summed E-state index contributed by atoms with van der Waals surface area (Å²) in [7, 11) is 5.15. The van der Waals surface area contributed by atoms with Crippen LogP contribution < -0.4 is 4.74 Å². The number of benzene rings is 1. The Balaban J connectivity index is 1.79. The Morgan fingerprint density at radius 2 is 2.15 bits per heavy atom. The number of hydrogen-bond donors (Lipinski definition) is 1. The molecule has 1 aliphatic rings. The average Bonchev–Trinajstić information content (AvgIpc) is 2.93. The van der Waals surface area contributed by atoms with Gasteiger partial charge in [0.1, 0.15) is 6.10 Å². The molecule has 0 aliphatic carbocycles. The molecule has 146 valence electrons. The first-order valence-electron chi connectivity index (χ1n) is 8.91. The van der Waals surface area contributed by atoms with Crippen LogP contribution >= 0.6 is 0 Å². The number of carbonyl (C=O) groups excluding carboxylic acids is 1. The normalized spacial score (nSPS) is 15.4. The molecule has 0 unspecified atom stereocenters. The SMILES string of the molecule is COc1cc(C(=O)N2CCCn3nc([C@@H](O)CN(C)C)cc3C2)ccc1F. The van der Waals surface area contributed by atoms with E-state index in [2.05, 4.69) is 5.10 Å². The predicted molar refractivity (Wildman–Crippen MR) is 98.1 cm³/mol. The molecule has 0 bridgehead atoms. The lowest BCUT2D eigenvalue weighted by atomic mass is 10.1. The standard InChI is InChI=1S/C19H25FN4O3/c1-22(2)12-17(25)16-10-14-11-23(7-4-8-24(14)21-16)19(26)13-5-6-15(20)18(9-13)27-3/h5-6,9-10,17,25H,4,7-8,11-12H2,1-3H3/t17-/m0/s1. The van der Waals surface area contributed by atoms with Crippen molar-refractivity contribution in [2.75, 3.05) is 34.3 Å². The van der Waals surface area contributed by atoms with Gasteiger partial charge in [-0.1, -0.05) is 0 Å². The van der Waals surface area contributed by atoms with Gasteiger partial charge in [0.2, 0.25) is 0 Å². The van der Waals surface area contributed by atoms with Gasteiger partial charge in [-0.05, 0) is 44.8 Å². The number of methoxy groups -OCH3 is 1. The van der Waals surface area contributed by atoms with Crippen LogP contribution in [0.3, 0.4) is 0 Å². The second kappa shape index (κ2) is 8.06. The highest BCUT2D eigenvalue weighted by atomic mass is 19.1. The molecule has 2 heterocycles. The molecule has 1 aromatic heterocycles. The lowest BCUT2D eigenvalue weighted by Gasteiger charge is -2.20. The second-order valence-electron chi connectivity index (χ2n) is 6.99. The minimum atomic E-state index is -0.676. The van der Waals surface area contributed by atoms with Gasteiger partial charge in [0.25, 0.3) is 5.91 Å². The fourth-order valence-electron chi connectivity index (χ4n) is 3.24. The lowest BCUT2D eigenvalue weighted by Crippen LogP contribution is -2.30. The third kappa shape index (κ3) is 4.28. The van der Waals surface area contributed by atoms with Gasteiger partial charge in [0.05, 0.1) is 25.0 Å². The maximum atomic E-state index is 13.6. The molecular weight excluding hydrogens is 351 g/mol. The molecule has 0 saturated heterocycles. The smallest absolute Gasteiger partial charge is 0.254 e. The molecule has 3 rings (SSSR count). The van der Waals surface area contributed by atoms with Crippen LogP contribution in [0.4, 0.5) is 4.39 Å². The van der Waals surface area contributed by atoms with Gasteiger partial charge >= 0.3 is 0 Å². The molecule has 8 heteroatoms. The maximum Gasteiger partial charge on any atom is 0.254 e. The van der Waals surface area contributed by atoms with E-state index in [1.54, 1.807) is 4.90 Å². The number of fused-ring (bicyclic) bond motifs is 1. The zero-order valence-corrected chi connectivity index (χ0v) is 15.9. The number of rotatable bonds is 5. The average molecular weight is 376 g/mol. The number of aromatic nitrogens is 2. The van der Waals surface area contributed by atoms with Crippen LogP contribution in [0.15, 0.2) is 24.3 Å². The summed E-state index contributed by atoms with van der Waals surface area (Å²) in [5.41, 5.74) is 1.87. The van der Waals surface area contributed by atoms with Crippen molar-refractivity contribution >= 4 is 5.91 Å². The van der Waals surface area contributed by atoms with E-state index >= 15 is 0 Å². The van der Waals surface area contributed by atoms with E-state index in [0.717, 1.165) is 12.1 Å². The van der Waals surface area contributed by atoms with E-state index in [-0.39, 0.29) is 11.7 Å². The number of nitrogens with zero attached hydrogens (tertiary/aromatic N) is 4. The molecule has 2 aromatic rings. The van der Waals surface area contributed by atoms with Crippen molar-refractivity contribution in [2.45, 2.75) is 25.6 Å². The fourth-order valence-corrected chi connectivity index (χ4v) is 3.24. The van der Waals surface area contributed by atoms with Gasteiger partial charge in [0, 0.05) is 25.2 Å². The molecule has 27 heavy (non-hydrogen) atoms. The minimum Gasteiger partial charge on any atom is -0.494 e. The van der Waals surface area contributed by atoms with Gasteiger partial charge in [0.15, 0.2) is 11.6 Å². The molecular formula is C19H25FN4O3. The van der Waals surface area contributed by atoms with Crippen molar-refractivity contribution in [3.63, 3.8) is 0 Å². The van der Waals surface area contributed by atoms with Crippen LogP contribution in [0.1, 0.15) is 34.3 Å². The molecule has 7 nitrogen and oxygen atoms in total. The highest BCUT2D eigenvalue weighted by molar-refractivity contribution is 5.94. The van der Waals surface area contributed by atoms with Crippen LogP contribution in [0.2, 0.25) is 0 Å². The molecule has 1 amide bonds. The minimum absolute atomic E-state index is 0.0507. The van der Waals surface area contributed by atoms with Crippen molar-refractivity contribution in [1.82, 2.24) is 19.6 Å². The van der Waals surface area contributed by atoms with Gasteiger partial charge < -0.3 is 19.6 Å². The molecule has 1 N–H and O–H groups in total. The van der Waals surface area contributed by atoms with E-state index in [1.165, 1.54) is 25.3 Å². The van der Waals surface area contributed by atoms with Crippen LogP contribution in [0.25, 0.3) is 0 Å². The van der Waals surface area contributed by atoms with Crippen LogP contribution in [0, 0.1) is 5.82 Å². The number of amides is 1. The van der Waals surface area contributed by atoms with Crippen molar-refractivity contribution in [3.8, 4) is 5.75 Å². The van der Waals surface area contributed by atoms with Crippen LogP contribution in [-0.2, 0) is 13.1 Å². The topological polar surface area (TPSA) is 70.8 Å². The lowest BCUT2D eigenvalue weighted by molar-refractivity contribution is 0.0745. The Bertz CT molecular complexity index is 821. The van der Waals surface area contributed by atoms with Gasteiger partial charge in [-0.15, -0.1) is 0 Å². The number of aliphatic hydroxyl groups is 1. The molecule has 1 aromatic carbocycles. The first-order chi connectivity index (χ1) is 12.9. The van der Waals surface area contributed by atoms with Gasteiger partial charge in [-0.3, -0.25) is 9.48 Å². The molecule has 1 atom stereocenters. The summed E-state index contributed by atoms with van der Waals surface area (Å²) in [6, 6.07) is 5.98. The summed E-state index contributed by atoms with van der Waals surface area (Å²) in [6.07, 6.45) is 0.0760. The number of carbonyl (C=O) groups is 1. The first-order valence-corrected chi connectivity index (χ1v) is 8.91. The number of aliphatic hydroxyl groups excluding tert-OH is 1. The summed E-state index contributed by atoms with van der Waals surface area (Å²) in [5.74, 6) is -0.629. The van der Waals surface area contributed by atoms with Crippen molar-refractivity contribution in [3.05, 3.63) is 47.0 Å². The summed E-state index contributed by atoms with van der Waals surface area (Å²) in [6.45, 7) is 2.13. The highest BCUT2D eigenvalue weighted by Crippen LogP contribution is 2.23. The van der Waals surface area contributed by atoms with Crippen LogP contribution in [-0.4, -0.2) is 64.9 Å². The van der Waals surface area contributed by atoms with E-state index in [0.29, 0.717) is 37.4 Å². The zero-order valence-electron chi connectivity index (χ0n) is 15.9. The Kier molecular flexibility index (Phi) is 5.76. The zero-order chi connectivity index (χ0) is 19.6. The maximum absolute atomic E-state index is 13.6. The number of aryl methyl sites for hydroxylation is 1.